The molecule has 2 rings (SSSR count). The average molecular weight is 398 g/mol. The van der Waals surface area contributed by atoms with Gasteiger partial charge in [0.2, 0.25) is 5.91 Å². The van der Waals surface area contributed by atoms with E-state index in [-0.39, 0.29) is 34.8 Å². The fourth-order valence-electron chi connectivity index (χ4n) is 2.80. The van der Waals surface area contributed by atoms with Crippen LogP contribution in [0.3, 0.4) is 0 Å². The number of nitrogens with zero attached hydrogens (tertiary/aromatic N) is 2. The molecule has 0 saturated carbocycles. The number of nitrogens with two attached hydrogens (primary N) is 2. The van der Waals surface area contributed by atoms with E-state index < -0.39 is 23.4 Å². The quantitative estimate of drug-likeness (QED) is 0.647. The molecule has 1 fully saturated rings. The summed E-state index contributed by atoms with van der Waals surface area (Å²) in [6.45, 7) is 8.13. The molecular weight excluding hydrogens is 370 g/mol. The standard InChI is InChI=1S/C17H27N5O4S/c1-9(15(24)20-17(2,3)4)22(8-10-6-5-7-26-10)16(25)13-11(18)12(14(19)23)21-27-13/h9-10H,5-8,18H2,1-4H3,(H2,19,23)(H,20,24). The van der Waals surface area contributed by atoms with E-state index in [4.69, 9.17) is 16.2 Å². The second-order valence-electron chi connectivity index (χ2n) is 7.65. The highest BCUT2D eigenvalue weighted by molar-refractivity contribution is 7.09. The molecule has 0 spiro atoms. The van der Waals surface area contributed by atoms with Crippen molar-refractivity contribution in [3.05, 3.63) is 10.6 Å². The van der Waals surface area contributed by atoms with Gasteiger partial charge in [0.05, 0.1) is 11.8 Å². The van der Waals surface area contributed by atoms with Gasteiger partial charge in [0, 0.05) is 18.7 Å². The lowest BCUT2D eigenvalue weighted by atomic mass is 10.1. The van der Waals surface area contributed by atoms with E-state index in [9.17, 15) is 14.4 Å². The van der Waals surface area contributed by atoms with Crippen molar-refractivity contribution in [3.63, 3.8) is 0 Å². The number of nitrogens with one attached hydrogen (secondary N) is 1. The summed E-state index contributed by atoms with van der Waals surface area (Å²) in [7, 11) is 0. The van der Waals surface area contributed by atoms with Crippen molar-refractivity contribution in [3.8, 4) is 0 Å². The van der Waals surface area contributed by atoms with Crippen molar-refractivity contribution in [1.82, 2.24) is 14.6 Å². The number of anilines is 1. The molecule has 2 atom stereocenters. The fraction of sp³-hybridized carbons (Fsp3) is 0.647. The highest BCUT2D eigenvalue weighted by Crippen LogP contribution is 2.25. The van der Waals surface area contributed by atoms with Gasteiger partial charge in [0.1, 0.15) is 10.9 Å². The van der Waals surface area contributed by atoms with Crippen LogP contribution in [-0.2, 0) is 9.53 Å². The molecule has 2 unspecified atom stereocenters. The maximum atomic E-state index is 13.1. The lowest BCUT2D eigenvalue weighted by Gasteiger charge is -2.32. The first kappa shape index (κ1) is 21.1. The van der Waals surface area contributed by atoms with Gasteiger partial charge in [-0.25, -0.2) is 0 Å². The molecule has 1 aliphatic rings. The molecule has 27 heavy (non-hydrogen) atoms. The van der Waals surface area contributed by atoms with Crippen LogP contribution in [0.1, 0.15) is 60.7 Å². The SMILES string of the molecule is CC(C(=O)NC(C)(C)C)N(CC1CCCO1)C(=O)c1snc(C(N)=O)c1N. The van der Waals surface area contributed by atoms with Crippen LogP contribution in [0.25, 0.3) is 0 Å². The highest BCUT2D eigenvalue weighted by Gasteiger charge is 2.34. The number of amides is 3. The first-order valence-corrected chi connectivity index (χ1v) is 9.58. The van der Waals surface area contributed by atoms with Crippen LogP contribution >= 0.6 is 11.5 Å². The highest BCUT2D eigenvalue weighted by atomic mass is 32.1. The number of carbonyl (C=O) groups excluding carboxylic acids is 3. The summed E-state index contributed by atoms with van der Waals surface area (Å²) < 4.78 is 9.51. The second-order valence-corrected chi connectivity index (χ2v) is 8.42. The molecule has 1 aromatic heterocycles. The number of hydrogen-bond donors (Lipinski definition) is 3. The van der Waals surface area contributed by atoms with E-state index in [1.165, 1.54) is 4.90 Å². The number of carbonyl (C=O) groups is 3. The van der Waals surface area contributed by atoms with Gasteiger partial charge in [-0.2, -0.15) is 4.37 Å². The molecule has 2 heterocycles. The normalized spacial score (nSPS) is 18.1. The van der Waals surface area contributed by atoms with Crippen molar-refractivity contribution in [2.45, 2.75) is 58.2 Å². The van der Waals surface area contributed by atoms with Gasteiger partial charge in [-0.05, 0) is 52.1 Å². The van der Waals surface area contributed by atoms with Crippen molar-refractivity contribution in [1.29, 1.82) is 0 Å². The Morgan fingerprint density at radius 1 is 1.41 bits per heavy atom. The summed E-state index contributed by atoms with van der Waals surface area (Å²) in [5, 5.41) is 2.88. The Kier molecular flexibility index (Phi) is 6.42. The zero-order valence-corrected chi connectivity index (χ0v) is 16.9. The Labute approximate surface area is 162 Å². The number of ether oxygens (including phenoxy) is 1. The van der Waals surface area contributed by atoms with Crippen molar-refractivity contribution in [2.24, 2.45) is 5.73 Å². The van der Waals surface area contributed by atoms with Gasteiger partial charge in [-0.1, -0.05) is 0 Å². The van der Waals surface area contributed by atoms with Gasteiger partial charge in [-0.15, -0.1) is 0 Å². The van der Waals surface area contributed by atoms with Crippen LogP contribution in [0, 0.1) is 0 Å². The predicted molar refractivity (Wildman–Crippen MR) is 102 cm³/mol. The number of rotatable bonds is 6. The van der Waals surface area contributed by atoms with Crippen LogP contribution in [0.5, 0.6) is 0 Å². The zero-order valence-electron chi connectivity index (χ0n) is 16.1. The second kappa shape index (κ2) is 8.22. The van der Waals surface area contributed by atoms with Gasteiger partial charge in [0.25, 0.3) is 11.8 Å². The largest absolute Gasteiger partial charge is 0.395 e. The Morgan fingerprint density at radius 3 is 2.56 bits per heavy atom. The van der Waals surface area contributed by atoms with E-state index in [1.807, 2.05) is 20.8 Å². The Bertz CT molecular complexity index is 721. The van der Waals surface area contributed by atoms with Gasteiger partial charge >= 0.3 is 0 Å². The molecule has 10 heteroatoms. The molecule has 0 aliphatic carbocycles. The molecule has 9 nitrogen and oxygen atoms in total. The Balaban J connectivity index is 2.29. The van der Waals surface area contributed by atoms with Crippen LogP contribution in [0.2, 0.25) is 0 Å². The topological polar surface area (TPSA) is 141 Å². The minimum atomic E-state index is -0.799. The zero-order chi connectivity index (χ0) is 20.4. The third-order valence-corrected chi connectivity index (χ3v) is 5.04. The summed E-state index contributed by atoms with van der Waals surface area (Å²) in [5.41, 5.74) is 10.5. The Morgan fingerprint density at radius 2 is 2.07 bits per heavy atom. The van der Waals surface area contributed by atoms with Gasteiger partial charge in [-0.3, -0.25) is 14.4 Å². The molecule has 5 N–H and O–H groups in total. The molecule has 1 aliphatic heterocycles. The lowest BCUT2D eigenvalue weighted by molar-refractivity contribution is -0.127. The van der Waals surface area contributed by atoms with E-state index in [2.05, 4.69) is 9.69 Å². The number of aromatic nitrogens is 1. The summed E-state index contributed by atoms with van der Waals surface area (Å²) in [6, 6.07) is -0.751. The molecule has 1 aromatic rings. The summed E-state index contributed by atoms with van der Waals surface area (Å²) in [4.78, 5) is 38.7. The monoisotopic (exact) mass is 397 g/mol. The molecular formula is C17H27N5O4S. The number of hydrogen-bond acceptors (Lipinski definition) is 7. The van der Waals surface area contributed by atoms with E-state index in [0.717, 1.165) is 24.4 Å². The maximum absolute atomic E-state index is 13.1. The predicted octanol–water partition coefficient (Wildman–Crippen LogP) is 0.749. The smallest absolute Gasteiger partial charge is 0.270 e. The van der Waals surface area contributed by atoms with Crippen molar-refractivity contribution < 1.29 is 19.1 Å². The minimum absolute atomic E-state index is 0.0572. The molecule has 0 bridgehead atoms. The maximum Gasteiger partial charge on any atom is 0.270 e. The Hall–Kier alpha value is -2.20. The fourth-order valence-corrected chi connectivity index (χ4v) is 3.56. The number of nitrogen functional groups attached to an aromatic ring is 1. The van der Waals surface area contributed by atoms with Crippen LogP contribution in [-0.4, -0.2) is 57.8 Å². The van der Waals surface area contributed by atoms with Crippen molar-refractivity contribution in [2.75, 3.05) is 18.9 Å². The van der Waals surface area contributed by atoms with Crippen LogP contribution in [0.4, 0.5) is 5.69 Å². The first-order valence-electron chi connectivity index (χ1n) is 8.80. The third-order valence-electron chi connectivity index (χ3n) is 4.19. The first-order chi connectivity index (χ1) is 12.5. The summed E-state index contributed by atoms with van der Waals surface area (Å²) in [5.74, 6) is -1.55. The molecule has 3 amide bonds. The van der Waals surface area contributed by atoms with E-state index >= 15 is 0 Å². The molecule has 1 saturated heterocycles. The molecule has 0 aromatic carbocycles. The van der Waals surface area contributed by atoms with Gasteiger partial charge in [0.15, 0.2) is 5.69 Å². The summed E-state index contributed by atoms with van der Waals surface area (Å²) in [6.07, 6.45) is 1.56. The van der Waals surface area contributed by atoms with Crippen molar-refractivity contribution >= 4 is 34.9 Å². The van der Waals surface area contributed by atoms with Crippen LogP contribution in [0.15, 0.2) is 0 Å². The number of primary amides is 1. The lowest BCUT2D eigenvalue weighted by Crippen LogP contribution is -2.54. The van der Waals surface area contributed by atoms with Gasteiger partial charge < -0.3 is 26.4 Å². The average Bonchev–Trinajstić information content (AvgIpc) is 3.19. The minimum Gasteiger partial charge on any atom is -0.395 e. The summed E-state index contributed by atoms with van der Waals surface area (Å²) >= 11 is 0.802. The van der Waals surface area contributed by atoms with Crippen LogP contribution < -0.4 is 16.8 Å². The van der Waals surface area contributed by atoms with E-state index in [0.29, 0.717) is 6.61 Å². The van der Waals surface area contributed by atoms with E-state index in [1.54, 1.807) is 6.92 Å². The third kappa shape index (κ3) is 5.16. The molecule has 0 radical (unpaired) electrons. The molecule has 150 valence electrons.